The molecule has 0 aliphatic carbocycles. The summed E-state index contributed by atoms with van der Waals surface area (Å²) in [6, 6.07) is 7.74. The van der Waals surface area contributed by atoms with Crippen molar-refractivity contribution in [3.63, 3.8) is 0 Å². The van der Waals surface area contributed by atoms with Crippen LogP contribution in [-0.4, -0.2) is 50.8 Å². The molecule has 3 rings (SSSR count). The molecule has 0 spiro atoms. The molecule has 7 nitrogen and oxygen atoms in total. The van der Waals surface area contributed by atoms with Crippen LogP contribution in [0.3, 0.4) is 0 Å². The number of benzene rings is 1. The van der Waals surface area contributed by atoms with Crippen molar-refractivity contribution in [2.75, 3.05) is 6.54 Å². The Morgan fingerprint density at radius 3 is 2.50 bits per heavy atom. The zero-order valence-corrected chi connectivity index (χ0v) is 20.5. The third-order valence-electron chi connectivity index (χ3n) is 5.25. The maximum absolute atomic E-state index is 12.5. The van der Waals surface area contributed by atoms with Crippen LogP contribution in [-0.2, 0) is 4.74 Å². The van der Waals surface area contributed by atoms with E-state index in [-0.39, 0.29) is 29.7 Å². The minimum atomic E-state index is -0.863. The normalized spacial score (nSPS) is 18.3. The first-order valence-electron chi connectivity index (χ1n) is 10.9. The van der Waals surface area contributed by atoms with E-state index < -0.39 is 5.60 Å². The average molecular weight is 460 g/mol. The van der Waals surface area contributed by atoms with Crippen molar-refractivity contribution in [1.82, 2.24) is 15.2 Å². The molecule has 0 saturated carbocycles. The van der Waals surface area contributed by atoms with Gasteiger partial charge in [0.15, 0.2) is 0 Å². The Kier molecular flexibility index (Phi) is 6.95. The smallest absolute Gasteiger partial charge is 0.410 e. The second-order valence-electron chi connectivity index (χ2n) is 10.0. The molecular weight excluding hydrogens is 426 g/mol. The summed E-state index contributed by atoms with van der Waals surface area (Å²) < 4.78 is 5.55. The molecule has 1 saturated heterocycles. The zero-order chi connectivity index (χ0) is 23.7. The second-order valence-corrected chi connectivity index (χ2v) is 11.1. The van der Waals surface area contributed by atoms with Gasteiger partial charge in [0.25, 0.3) is 5.91 Å². The van der Waals surface area contributed by atoms with Gasteiger partial charge in [0, 0.05) is 30.5 Å². The van der Waals surface area contributed by atoms with E-state index in [1.165, 1.54) is 11.3 Å². The molecule has 2 unspecified atom stereocenters. The summed E-state index contributed by atoms with van der Waals surface area (Å²) in [7, 11) is 0. The molecule has 0 bridgehead atoms. The first kappa shape index (κ1) is 24.2. The summed E-state index contributed by atoms with van der Waals surface area (Å²) in [5.74, 6) is -0.127. The van der Waals surface area contributed by atoms with E-state index in [9.17, 15) is 14.7 Å². The van der Waals surface area contributed by atoms with Gasteiger partial charge in [0.2, 0.25) is 0 Å². The quantitative estimate of drug-likeness (QED) is 0.649. The molecular formula is C24H33N3O4S. The van der Waals surface area contributed by atoms with Crippen LogP contribution in [0.5, 0.6) is 0 Å². The van der Waals surface area contributed by atoms with E-state index in [0.29, 0.717) is 24.3 Å². The number of amides is 2. The fourth-order valence-corrected chi connectivity index (χ4v) is 4.51. The van der Waals surface area contributed by atoms with Gasteiger partial charge in [-0.25, -0.2) is 9.78 Å². The van der Waals surface area contributed by atoms with E-state index in [4.69, 9.17) is 4.74 Å². The van der Waals surface area contributed by atoms with E-state index in [0.717, 1.165) is 16.1 Å². The minimum Gasteiger partial charge on any atom is -0.446 e. The zero-order valence-electron chi connectivity index (χ0n) is 19.6. The lowest BCUT2D eigenvalue weighted by molar-refractivity contribution is -0.0309. The summed E-state index contributed by atoms with van der Waals surface area (Å²) in [5.41, 5.74) is 0.752. The number of rotatable bonds is 6. The lowest BCUT2D eigenvalue weighted by Gasteiger charge is -2.37. The lowest BCUT2D eigenvalue weighted by Crippen LogP contribution is -2.45. The first-order valence-corrected chi connectivity index (χ1v) is 11.7. The van der Waals surface area contributed by atoms with Gasteiger partial charge in [0.1, 0.15) is 16.0 Å². The predicted octanol–water partition coefficient (Wildman–Crippen LogP) is 4.77. The van der Waals surface area contributed by atoms with E-state index >= 15 is 0 Å². The standard InChI is InChI=1S/C24H33N3O4S/c1-15(27-12-11-18(31-22(27)29)13-24(5,6)30)16-7-9-17(10-8-16)21-25-14-19(32-21)20(28)26-23(2,3)4/h7-10,14-15,18,30H,11-13H2,1-6H3,(H,26,28). The van der Waals surface area contributed by atoms with E-state index in [1.54, 1.807) is 24.9 Å². The molecule has 2 N–H and O–H groups in total. The van der Waals surface area contributed by atoms with E-state index in [1.807, 2.05) is 52.0 Å². The number of aliphatic hydroxyl groups is 1. The molecule has 174 valence electrons. The third kappa shape index (κ3) is 6.29. The molecule has 32 heavy (non-hydrogen) atoms. The molecule has 8 heteroatoms. The number of thiazole rings is 1. The van der Waals surface area contributed by atoms with Crippen LogP contribution in [0.1, 0.15) is 75.7 Å². The van der Waals surface area contributed by atoms with Crippen LogP contribution in [0.4, 0.5) is 4.79 Å². The summed E-state index contributed by atoms with van der Waals surface area (Å²) in [5, 5.41) is 13.7. The first-order chi connectivity index (χ1) is 14.8. The highest BCUT2D eigenvalue weighted by Crippen LogP contribution is 2.30. The number of carbonyl (C=O) groups is 2. The number of carbonyl (C=O) groups excluding carboxylic acids is 2. The monoisotopic (exact) mass is 459 g/mol. The van der Waals surface area contributed by atoms with Gasteiger partial charge in [0.05, 0.1) is 17.8 Å². The Balaban J connectivity index is 1.65. The predicted molar refractivity (Wildman–Crippen MR) is 126 cm³/mol. The van der Waals surface area contributed by atoms with Crippen LogP contribution < -0.4 is 5.32 Å². The number of aromatic nitrogens is 1. The van der Waals surface area contributed by atoms with Crippen molar-refractivity contribution in [3.8, 4) is 10.6 Å². The molecule has 1 fully saturated rings. The molecule has 1 aliphatic rings. The summed E-state index contributed by atoms with van der Waals surface area (Å²) in [6.07, 6.45) is 2.11. The highest BCUT2D eigenvalue weighted by molar-refractivity contribution is 7.16. The highest BCUT2D eigenvalue weighted by Gasteiger charge is 2.33. The van der Waals surface area contributed by atoms with Crippen molar-refractivity contribution in [3.05, 3.63) is 40.9 Å². The van der Waals surface area contributed by atoms with Gasteiger partial charge >= 0.3 is 6.09 Å². The van der Waals surface area contributed by atoms with Crippen molar-refractivity contribution in [1.29, 1.82) is 0 Å². The largest absolute Gasteiger partial charge is 0.446 e. The number of cyclic esters (lactones) is 1. The molecule has 1 aliphatic heterocycles. The second kappa shape index (κ2) is 9.19. The topological polar surface area (TPSA) is 91.8 Å². The van der Waals surface area contributed by atoms with Crippen LogP contribution in [0, 0.1) is 0 Å². The number of ether oxygens (including phenoxy) is 1. The van der Waals surface area contributed by atoms with Crippen molar-refractivity contribution < 1.29 is 19.4 Å². The summed E-state index contributed by atoms with van der Waals surface area (Å²) in [4.78, 5) is 31.6. The fourth-order valence-electron chi connectivity index (χ4n) is 3.70. The van der Waals surface area contributed by atoms with Gasteiger partial charge in [-0.15, -0.1) is 11.3 Å². The average Bonchev–Trinajstić information content (AvgIpc) is 3.15. The van der Waals surface area contributed by atoms with Crippen molar-refractivity contribution in [2.45, 2.75) is 77.7 Å². The maximum Gasteiger partial charge on any atom is 0.410 e. The number of nitrogens with one attached hydrogen (secondary N) is 1. The summed E-state index contributed by atoms with van der Waals surface area (Å²) in [6.45, 7) is 11.8. The van der Waals surface area contributed by atoms with Gasteiger partial charge in [-0.1, -0.05) is 24.3 Å². The van der Waals surface area contributed by atoms with Crippen LogP contribution in [0.25, 0.3) is 10.6 Å². The number of hydrogen-bond donors (Lipinski definition) is 2. The van der Waals surface area contributed by atoms with Gasteiger partial charge in [-0.05, 0) is 47.1 Å². The molecule has 1 aromatic heterocycles. The number of hydrogen-bond acceptors (Lipinski definition) is 6. The minimum absolute atomic E-state index is 0.127. The molecule has 2 aromatic rings. The van der Waals surface area contributed by atoms with Crippen molar-refractivity contribution in [2.24, 2.45) is 0 Å². The molecule has 2 heterocycles. The van der Waals surface area contributed by atoms with Crippen LogP contribution >= 0.6 is 11.3 Å². The Morgan fingerprint density at radius 1 is 1.28 bits per heavy atom. The van der Waals surface area contributed by atoms with Crippen LogP contribution in [0.15, 0.2) is 30.5 Å². The Hall–Kier alpha value is -2.45. The van der Waals surface area contributed by atoms with Crippen molar-refractivity contribution >= 4 is 23.3 Å². The Morgan fingerprint density at radius 2 is 1.94 bits per heavy atom. The Bertz CT molecular complexity index is 957. The van der Waals surface area contributed by atoms with Gasteiger partial charge in [-0.3, -0.25) is 4.79 Å². The summed E-state index contributed by atoms with van der Waals surface area (Å²) >= 11 is 1.35. The SMILES string of the molecule is CC(c1ccc(-c2ncc(C(=O)NC(C)(C)C)s2)cc1)N1CCC(CC(C)(C)O)OC1=O. The Labute approximate surface area is 193 Å². The van der Waals surface area contributed by atoms with Gasteiger partial charge < -0.3 is 20.1 Å². The molecule has 0 radical (unpaired) electrons. The highest BCUT2D eigenvalue weighted by atomic mass is 32.1. The third-order valence-corrected chi connectivity index (χ3v) is 6.29. The molecule has 2 amide bonds. The number of nitrogens with zero attached hydrogens (tertiary/aromatic N) is 2. The lowest BCUT2D eigenvalue weighted by atomic mass is 9.97. The molecule has 2 atom stereocenters. The molecule has 1 aromatic carbocycles. The van der Waals surface area contributed by atoms with Gasteiger partial charge in [-0.2, -0.15) is 0 Å². The maximum atomic E-state index is 12.5. The van der Waals surface area contributed by atoms with Crippen LogP contribution in [0.2, 0.25) is 0 Å². The van der Waals surface area contributed by atoms with E-state index in [2.05, 4.69) is 10.3 Å². The fraction of sp³-hybridized carbons (Fsp3) is 0.542.